The smallest absolute Gasteiger partial charge is 0.233 e. The second-order valence-electron chi connectivity index (χ2n) is 6.70. The highest BCUT2D eigenvalue weighted by molar-refractivity contribution is 5.92. The van der Waals surface area contributed by atoms with Gasteiger partial charge in [-0.05, 0) is 49.6 Å². The summed E-state index contributed by atoms with van der Waals surface area (Å²) < 4.78 is 11.3. The van der Waals surface area contributed by atoms with Crippen LogP contribution in [0.2, 0.25) is 0 Å². The first-order chi connectivity index (χ1) is 14.0. The van der Waals surface area contributed by atoms with E-state index in [9.17, 15) is 15.1 Å². The molecule has 0 aliphatic heterocycles. The summed E-state index contributed by atoms with van der Waals surface area (Å²) in [6.07, 6.45) is 5.31. The SMILES string of the molecule is COc1ccc(COc2c(/C=C/C(=O)N[O-])ccc(CO)c2CC=C(C)C)cc1. The summed E-state index contributed by atoms with van der Waals surface area (Å²) in [5.41, 5.74) is 5.65. The minimum absolute atomic E-state index is 0.129. The molecule has 0 aliphatic carbocycles. The summed E-state index contributed by atoms with van der Waals surface area (Å²) >= 11 is 0. The number of aliphatic hydroxyl groups is 1. The molecule has 0 unspecified atom stereocenters. The topological polar surface area (TPSA) is 90.9 Å². The van der Waals surface area contributed by atoms with Crippen LogP contribution in [0.1, 0.15) is 36.1 Å². The summed E-state index contributed by atoms with van der Waals surface area (Å²) in [6, 6.07) is 11.1. The molecular weight excluding hydrogens is 370 g/mol. The van der Waals surface area contributed by atoms with Crippen molar-refractivity contribution in [1.82, 2.24) is 5.48 Å². The van der Waals surface area contributed by atoms with Gasteiger partial charge in [0.2, 0.25) is 5.91 Å². The van der Waals surface area contributed by atoms with E-state index in [0.29, 0.717) is 24.3 Å². The molecule has 0 aliphatic rings. The van der Waals surface area contributed by atoms with Gasteiger partial charge in [0.1, 0.15) is 18.1 Å². The first-order valence-electron chi connectivity index (χ1n) is 9.23. The Hall–Kier alpha value is -3.09. The molecule has 0 saturated carbocycles. The summed E-state index contributed by atoms with van der Waals surface area (Å²) in [5.74, 6) is 0.579. The van der Waals surface area contributed by atoms with Crippen molar-refractivity contribution in [2.45, 2.75) is 33.5 Å². The maximum Gasteiger partial charge on any atom is 0.233 e. The van der Waals surface area contributed by atoms with Gasteiger partial charge in [0.05, 0.1) is 13.7 Å². The number of ether oxygens (including phenoxy) is 2. The summed E-state index contributed by atoms with van der Waals surface area (Å²) in [5, 5.41) is 20.3. The normalized spacial score (nSPS) is 10.7. The zero-order valence-corrected chi connectivity index (χ0v) is 16.9. The predicted octanol–water partition coefficient (Wildman–Crippen LogP) is 3.90. The molecule has 6 nitrogen and oxygen atoms in total. The van der Waals surface area contributed by atoms with E-state index in [1.165, 1.54) is 11.6 Å². The highest BCUT2D eigenvalue weighted by Crippen LogP contribution is 2.31. The third-order valence-corrected chi connectivity index (χ3v) is 4.33. The van der Waals surface area contributed by atoms with Gasteiger partial charge >= 0.3 is 0 Å². The van der Waals surface area contributed by atoms with Crippen LogP contribution in [0, 0.1) is 5.21 Å². The molecule has 2 N–H and O–H groups in total. The van der Waals surface area contributed by atoms with Crippen LogP contribution in [-0.2, 0) is 24.4 Å². The Morgan fingerprint density at radius 2 is 1.90 bits per heavy atom. The molecule has 0 radical (unpaired) electrons. The second kappa shape index (κ2) is 11.0. The van der Waals surface area contributed by atoms with Gasteiger partial charge in [-0.25, -0.2) is 0 Å². The third-order valence-electron chi connectivity index (χ3n) is 4.33. The van der Waals surface area contributed by atoms with Crippen molar-refractivity contribution in [2.24, 2.45) is 0 Å². The van der Waals surface area contributed by atoms with E-state index >= 15 is 0 Å². The summed E-state index contributed by atoms with van der Waals surface area (Å²) in [6.45, 7) is 4.17. The van der Waals surface area contributed by atoms with Crippen LogP contribution in [0.5, 0.6) is 11.5 Å². The van der Waals surface area contributed by atoms with Crippen LogP contribution in [0.4, 0.5) is 0 Å². The number of rotatable bonds is 9. The summed E-state index contributed by atoms with van der Waals surface area (Å²) in [7, 11) is 1.61. The van der Waals surface area contributed by atoms with Crippen molar-refractivity contribution in [3.8, 4) is 11.5 Å². The fraction of sp³-hybridized carbons (Fsp3) is 0.261. The van der Waals surface area contributed by atoms with E-state index < -0.39 is 5.91 Å². The number of aliphatic hydroxyl groups excluding tert-OH is 1. The van der Waals surface area contributed by atoms with Crippen molar-refractivity contribution in [3.05, 3.63) is 81.6 Å². The molecule has 29 heavy (non-hydrogen) atoms. The standard InChI is InChI=1S/C23H26NO5/c1-16(2)4-12-21-19(14-25)8-7-18(9-13-22(26)24-27)23(21)29-15-17-5-10-20(28-3)11-6-17/h4-11,13,25H,12,14-15H2,1-3H3,(H-,24,26,27)/q-1/b13-9+. The minimum Gasteiger partial charge on any atom is -0.759 e. The lowest BCUT2D eigenvalue weighted by atomic mass is 9.98. The largest absolute Gasteiger partial charge is 0.759 e. The van der Waals surface area contributed by atoms with Crippen LogP contribution in [0.3, 0.4) is 0 Å². The molecule has 2 aromatic carbocycles. The number of carbonyl (C=O) groups is 1. The van der Waals surface area contributed by atoms with E-state index in [2.05, 4.69) is 0 Å². The second-order valence-corrected chi connectivity index (χ2v) is 6.70. The molecule has 0 atom stereocenters. The van der Waals surface area contributed by atoms with Crippen LogP contribution in [0.25, 0.3) is 6.08 Å². The lowest BCUT2D eigenvalue weighted by Gasteiger charge is -2.17. The Balaban J connectivity index is 2.42. The molecule has 0 saturated heterocycles. The minimum atomic E-state index is -0.747. The monoisotopic (exact) mass is 396 g/mol. The van der Waals surface area contributed by atoms with Crippen molar-refractivity contribution < 1.29 is 19.4 Å². The fourth-order valence-corrected chi connectivity index (χ4v) is 2.74. The van der Waals surface area contributed by atoms with Crippen molar-refractivity contribution in [3.63, 3.8) is 0 Å². The third kappa shape index (κ3) is 6.48. The number of carbonyl (C=O) groups excluding carboxylic acids is 1. The first kappa shape index (κ1) is 22.2. The fourth-order valence-electron chi connectivity index (χ4n) is 2.74. The number of hydrogen-bond donors (Lipinski definition) is 2. The molecule has 2 rings (SSSR count). The summed E-state index contributed by atoms with van der Waals surface area (Å²) in [4.78, 5) is 11.3. The van der Waals surface area contributed by atoms with Crippen molar-refractivity contribution >= 4 is 12.0 Å². The van der Waals surface area contributed by atoms with Gasteiger partial charge in [0.25, 0.3) is 0 Å². The Morgan fingerprint density at radius 1 is 1.17 bits per heavy atom. The Kier molecular flexibility index (Phi) is 8.45. The van der Waals surface area contributed by atoms with Gasteiger partial charge in [0, 0.05) is 17.2 Å². The average Bonchev–Trinajstić information content (AvgIpc) is 2.74. The molecule has 0 aromatic heterocycles. The maximum atomic E-state index is 11.3. The van der Waals surface area contributed by atoms with Gasteiger partial charge in [-0.2, -0.15) is 0 Å². The van der Waals surface area contributed by atoms with Crippen LogP contribution >= 0.6 is 0 Å². The van der Waals surface area contributed by atoms with Gasteiger partial charge in [0.15, 0.2) is 0 Å². The number of amides is 1. The number of hydroxylamine groups is 1. The number of benzene rings is 2. The van der Waals surface area contributed by atoms with Gasteiger partial charge < -0.3 is 25.3 Å². The van der Waals surface area contributed by atoms with Crippen LogP contribution in [-0.4, -0.2) is 18.1 Å². The highest BCUT2D eigenvalue weighted by Gasteiger charge is 2.13. The van der Waals surface area contributed by atoms with E-state index in [4.69, 9.17) is 9.47 Å². The molecule has 6 heteroatoms. The number of methoxy groups -OCH3 is 1. The molecule has 0 bridgehead atoms. The van der Waals surface area contributed by atoms with Gasteiger partial charge in [-0.1, -0.05) is 35.9 Å². The van der Waals surface area contributed by atoms with E-state index in [-0.39, 0.29) is 6.61 Å². The molecule has 0 spiro atoms. The average molecular weight is 396 g/mol. The molecule has 0 heterocycles. The lowest BCUT2D eigenvalue weighted by molar-refractivity contribution is -0.115. The maximum absolute atomic E-state index is 11.3. The Morgan fingerprint density at radius 3 is 2.48 bits per heavy atom. The molecule has 0 fully saturated rings. The molecular formula is C23H26NO5-. The van der Waals surface area contributed by atoms with Gasteiger partial charge in [-0.3, -0.25) is 4.79 Å². The number of allylic oxidation sites excluding steroid dienone is 2. The van der Waals surface area contributed by atoms with Crippen molar-refractivity contribution in [1.29, 1.82) is 0 Å². The number of hydrogen-bond acceptors (Lipinski definition) is 5. The Bertz CT molecular complexity index is 881. The molecule has 2 aromatic rings. The van der Waals surface area contributed by atoms with E-state index in [1.54, 1.807) is 19.2 Å². The predicted molar refractivity (Wildman–Crippen MR) is 113 cm³/mol. The number of nitrogens with one attached hydrogen (secondary N) is 1. The quantitative estimate of drug-likeness (QED) is 0.381. The van der Waals surface area contributed by atoms with Crippen molar-refractivity contribution in [2.75, 3.05) is 7.11 Å². The molecule has 154 valence electrons. The highest BCUT2D eigenvalue weighted by atomic mass is 16.5. The lowest BCUT2D eigenvalue weighted by Crippen LogP contribution is -2.11. The van der Waals surface area contributed by atoms with E-state index in [1.807, 2.05) is 44.2 Å². The van der Waals surface area contributed by atoms with Gasteiger partial charge in [-0.15, -0.1) is 0 Å². The van der Waals surface area contributed by atoms with E-state index in [0.717, 1.165) is 34.1 Å². The zero-order chi connectivity index (χ0) is 21.2. The van der Waals surface area contributed by atoms with Crippen LogP contribution in [0.15, 0.2) is 54.1 Å². The molecule has 1 amide bonds. The zero-order valence-electron chi connectivity index (χ0n) is 16.9. The Labute approximate surface area is 171 Å². The first-order valence-corrected chi connectivity index (χ1v) is 9.23. The van der Waals surface area contributed by atoms with Crippen LogP contribution < -0.4 is 15.0 Å².